The second-order valence-electron chi connectivity index (χ2n) is 5.85. The Balaban J connectivity index is 2.20. The number of hydrogen-bond donors (Lipinski definition) is 1. The number of ether oxygens (including phenoxy) is 4. The van der Waals surface area contributed by atoms with E-state index in [-0.39, 0.29) is 17.9 Å². The lowest BCUT2D eigenvalue weighted by atomic mass is 10.1. The molecule has 0 radical (unpaired) electrons. The topological polar surface area (TPSA) is 83.1 Å². The molecule has 2 aromatic rings. The minimum atomic E-state index is -0.610. The Morgan fingerprint density at radius 2 is 1.59 bits per heavy atom. The summed E-state index contributed by atoms with van der Waals surface area (Å²) in [5, 5.41) is 2.66. The molecule has 1 amide bonds. The second-order valence-corrected chi connectivity index (χ2v) is 5.85. The summed E-state index contributed by atoms with van der Waals surface area (Å²) in [4.78, 5) is 24.4. The molecule has 0 atom stereocenters. The van der Waals surface area contributed by atoms with Gasteiger partial charge in [0.2, 0.25) is 0 Å². The molecule has 2 rings (SSSR count). The van der Waals surface area contributed by atoms with Crippen molar-refractivity contribution in [3.8, 4) is 17.2 Å². The predicted molar refractivity (Wildman–Crippen MR) is 101 cm³/mol. The molecule has 0 aliphatic rings. The number of nitrogens with one attached hydrogen (secondary N) is 1. The van der Waals surface area contributed by atoms with Crippen LogP contribution in [-0.4, -0.2) is 39.8 Å². The molecule has 0 unspecified atom stereocenters. The molecular weight excluding hydrogens is 350 g/mol. The SMILES string of the molecule is COC(=O)c1cc(OC)c(OC)cc1NC(=O)COc1cc(C)ccc1C. The van der Waals surface area contributed by atoms with E-state index in [4.69, 9.17) is 18.9 Å². The fraction of sp³-hybridized carbons (Fsp3) is 0.300. The number of carbonyl (C=O) groups is 2. The van der Waals surface area contributed by atoms with Gasteiger partial charge in [-0.1, -0.05) is 12.1 Å². The standard InChI is InChI=1S/C20H23NO6/c1-12-6-7-13(2)16(8-12)27-11-19(22)21-15-10-18(25-4)17(24-3)9-14(15)20(23)26-5/h6-10H,11H2,1-5H3,(H,21,22). The first kappa shape index (κ1) is 20.1. The maximum absolute atomic E-state index is 12.3. The number of anilines is 1. The van der Waals surface area contributed by atoms with Gasteiger partial charge in [0, 0.05) is 12.1 Å². The average molecular weight is 373 g/mol. The van der Waals surface area contributed by atoms with E-state index in [0.29, 0.717) is 17.2 Å². The fourth-order valence-electron chi connectivity index (χ4n) is 2.45. The van der Waals surface area contributed by atoms with Crippen LogP contribution in [0.2, 0.25) is 0 Å². The smallest absolute Gasteiger partial charge is 0.340 e. The monoisotopic (exact) mass is 373 g/mol. The average Bonchev–Trinajstić information content (AvgIpc) is 2.67. The first-order valence-electron chi connectivity index (χ1n) is 8.23. The molecule has 27 heavy (non-hydrogen) atoms. The van der Waals surface area contributed by atoms with E-state index < -0.39 is 11.9 Å². The number of methoxy groups -OCH3 is 3. The molecular formula is C20H23NO6. The molecule has 0 bridgehead atoms. The van der Waals surface area contributed by atoms with Crippen LogP contribution in [0.3, 0.4) is 0 Å². The molecule has 144 valence electrons. The maximum Gasteiger partial charge on any atom is 0.340 e. The van der Waals surface area contributed by atoms with Crippen molar-refractivity contribution in [2.24, 2.45) is 0 Å². The van der Waals surface area contributed by atoms with Gasteiger partial charge in [-0.2, -0.15) is 0 Å². The Bertz CT molecular complexity index is 847. The molecule has 0 aromatic heterocycles. The van der Waals surface area contributed by atoms with Crippen molar-refractivity contribution in [1.82, 2.24) is 0 Å². The van der Waals surface area contributed by atoms with Crippen molar-refractivity contribution in [1.29, 1.82) is 0 Å². The van der Waals surface area contributed by atoms with Gasteiger partial charge in [0.15, 0.2) is 18.1 Å². The third-order valence-electron chi connectivity index (χ3n) is 3.91. The first-order chi connectivity index (χ1) is 12.9. The quantitative estimate of drug-likeness (QED) is 0.751. The van der Waals surface area contributed by atoms with Gasteiger partial charge < -0.3 is 24.3 Å². The second kappa shape index (κ2) is 8.93. The van der Waals surface area contributed by atoms with Crippen LogP contribution in [0, 0.1) is 13.8 Å². The lowest BCUT2D eigenvalue weighted by Gasteiger charge is -2.15. The summed E-state index contributed by atoms with van der Waals surface area (Å²) in [5.41, 5.74) is 2.35. The normalized spacial score (nSPS) is 10.1. The van der Waals surface area contributed by atoms with Gasteiger partial charge in [-0.15, -0.1) is 0 Å². The van der Waals surface area contributed by atoms with Crippen LogP contribution in [0.25, 0.3) is 0 Å². The summed E-state index contributed by atoms with van der Waals surface area (Å²) in [7, 11) is 4.17. The Kier molecular flexibility index (Phi) is 6.65. The summed E-state index contributed by atoms with van der Waals surface area (Å²) in [6.07, 6.45) is 0. The summed E-state index contributed by atoms with van der Waals surface area (Å²) < 4.78 is 20.8. The Labute approximate surface area is 158 Å². The third-order valence-corrected chi connectivity index (χ3v) is 3.91. The van der Waals surface area contributed by atoms with Gasteiger partial charge in [-0.05, 0) is 31.0 Å². The van der Waals surface area contributed by atoms with E-state index in [9.17, 15) is 9.59 Å². The highest BCUT2D eigenvalue weighted by atomic mass is 16.5. The number of esters is 1. The number of hydrogen-bond acceptors (Lipinski definition) is 6. The summed E-state index contributed by atoms with van der Waals surface area (Å²) in [5.74, 6) is 0.319. The van der Waals surface area contributed by atoms with Crippen LogP contribution in [0.5, 0.6) is 17.2 Å². The zero-order valence-corrected chi connectivity index (χ0v) is 16.0. The molecule has 0 fully saturated rings. The Hall–Kier alpha value is -3.22. The molecule has 0 saturated heterocycles. The Morgan fingerprint density at radius 1 is 0.926 bits per heavy atom. The van der Waals surface area contributed by atoms with Crippen molar-refractivity contribution in [3.63, 3.8) is 0 Å². The molecule has 7 heteroatoms. The maximum atomic E-state index is 12.3. The molecule has 0 aliphatic carbocycles. The highest BCUT2D eigenvalue weighted by molar-refractivity contribution is 6.02. The lowest BCUT2D eigenvalue weighted by molar-refractivity contribution is -0.118. The summed E-state index contributed by atoms with van der Waals surface area (Å²) in [6, 6.07) is 8.70. The van der Waals surface area contributed by atoms with E-state index in [0.717, 1.165) is 11.1 Å². The molecule has 0 spiro atoms. The minimum Gasteiger partial charge on any atom is -0.493 e. The van der Waals surface area contributed by atoms with Crippen molar-refractivity contribution in [3.05, 3.63) is 47.0 Å². The van der Waals surface area contributed by atoms with Crippen molar-refractivity contribution < 1.29 is 28.5 Å². The van der Waals surface area contributed by atoms with Crippen LogP contribution >= 0.6 is 0 Å². The number of carbonyl (C=O) groups excluding carboxylic acids is 2. The first-order valence-corrected chi connectivity index (χ1v) is 8.23. The number of benzene rings is 2. The predicted octanol–water partition coefficient (Wildman–Crippen LogP) is 3.12. The zero-order valence-electron chi connectivity index (χ0n) is 16.0. The van der Waals surface area contributed by atoms with Gasteiger partial charge in [0.25, 0.3) is 5.91 Å². The number of amides is 1. The summed E-state index contributed by atoms with van der Waals surface area (Å²) >= 11 is 0. The number of rotatable bonds is 7. The van der Waals surface area contributed by atoms with Gasteiger partial charge in [-0.3, -0.25) is 4.79 Å². The van der Waals surface area contributed by atoms with Gasteiger partial charge in [0.1, 0.15) is 5.75 Å². The molecule has 0 heterocycles. The van der Waals surface area contributed by atoms with Gasteiger partial charge >= 0.3 is 5.97 Å². The van der Waals surface area contributed by atoms with E-state index in [1.165, 1.54) is 33.5 Å². The third kappa shape index (κ3) is 4.91. The van der Waals surface area contributed by atoms with Gasteiger partial charge in [-0.25, -0.2) is 4.79 Å². The van der Waals surface area contributed by atoms with Crippen molar-refractivity contribution >= 4 is 17.6 Å². The number of aryl methyl sites for hydroxylation is 2. The van der Waals surface area contributed by atoms with Crippen LogP contribution < -0.4 is 19.5 Å². The van der Waals surface area contributed by atoms with Crippen LogP contribution in [0.4, 0.5) is 5.69 Å². The molecule has 0 saturated carbocycles. The zero-order chi connectivity index (χ0) is 20.0. The Morgan fingerprint density at radius 3 is 2.22 bits per heavy atom. The largest absolute Gasteiger partial charge is 0.493 e. The molecule has 7 nitrogen and oxygen atoms in total. The van der Waals surface area contributed by atoms with E-state index in [1.54, 1.807) is 0 Å². The highest BCUT2D eigenvalue weighted by Gasteiger charge is 2.19. The molecule has 2 aromatic carbocycles. The highest BCUT2D eigenvalue weighted by Crippen LogP contribution is 2.33. The van der Waals surface area contributed by atoms with Crippen molar-refractivity contribution in [2.75, 3.05) is 33.3 Å². The van der Waals surface area contributed by atoms with Crippen molar-refractivity contribution in [2.45, 2.75) is 13.8 Å². The molecule has 0 aliphatic heterocycles. The summed E-state index contributed by atoms with van der Waals surface area (Å²) in [6.45, 7) is 3.63. The fourth-order valence-corrected chi connectivity index (χ4v) is 2.45. The van der Waals surface area contributed by atoms with Crippen LogP contribution in [-0.2, 0) is 9.53 Å². The van der Waals surface area contributed by atoms with Crippen LogP contribution in [0.15, 0.2) is 30.3 Å². The van der Waals surface area contributed by atoms with Crippen LogP contribution in [0.1, 0.15) is 21.5 Å². The van der Waals surface area contributed by atoms with E-state index in [2.05, 4.69) is 5.32 Å². The van der Waals surface area contributed by atoms with Gasteiger partial charge in [0.05, 0.1) is 32.6 Å². The van der Waals surface area contributed by atoms with E-state index >= 15 is 0 Å². The lowest BCUT2D eigenvalue weighted by Crippen LogP contribution is -2.22. The minimum absolute atomic E-state index is 0.148. The molecule has 1 N–H and O–H groups in total. The van der Waals surface area contributed by atoms with E-state index in [1.807, 2.05) is 32.0 Å².